The number of alkyl halides is 1. The topological polar surface area (TPSA) is 0 Å². The Hall–Kier alpha value is -0.0100. The molecule has 1 saturated carbocycles. The van der Waals surface area contributed by atoms with Crippen LogP contribution in [0.3, 0.4) is 0 Å². The van der Waals surface area contributed by atoms with E-state index in [0.29, 0.717) is 5.38 Å². The first-order valence-corrected chi connectivity index (χ1v) is 8.77. The average molecular weight is 285 g/mol. The van der Waals surface area contributed by atoms with Crippen LogP contribution in [0.25, 0.3) is 0 Å². The summed E-state index contributed by atoms with van der Waals surface area (Å²) in [7, 11) is 0. The van der Waals surface area contributed by atoms with Crippen LogP contribution < -0.4 is 0 Å². The van der Waals surface area contributed by atoms with Gasteiger partial charge >= 0.3 is 0 Å². The van der Waals surface area contributed by atoms with Crippen LogP contribution in [0.15, 0.2) is 17.5 Å². The number of hydrogen-bond donors (Lipinski definition) is 0. The van der Waals surface area contributed by atoms with Crippen molar-refractivity contribution in [2.24, 2.45) is 11.8 Å². The Bertz CT molecular complexity index is 312. The quantitative estimate of drug-likeness (QED) is 0.571. The van der Waals surface area contributed by atoms with Gasteiger partial charge in [0.15, 0.2) is 0 Å². The molecule has 1 atom stereocenters. The molecule has 0 nitrogen and oxygen atoms in total. The molecular weight excluding hydrogens is 260 g/mol. The van der Waals surface area contributed by atoms with Crippen molar-refractivity contribution >= 4 is 22.9 Å². The Morgan fingerprint density at radius 1 is 1.33 bits per heavy atom. The van der Waals surface area contributed by atoms with Gasteiger partial charge in [-0.15, -0.1) is 22.9 Å². The lowest BCUT2D eigenvalue weighted by Crippen LogP contribution is -2.23. The predicted octanol–water partition coefficient (Wildman–Crippen LogP) is 5.89. The molecule has 2 rings (SSSR count). The molecular formula is C16H25ClS. The second kappa shape index (κ2) is 7.55. The van der Waals surface area contributed by atoms with Crippen molar-refractivity contribution < 1.29 is 0 Å². The van der Waals surface area contributed by atoms with E-state index in [4.69, 9.17) is 11.6 Å². The summed E-state index contributed by atoms with van der Waals surface area (Å²) in [6.07, 6.45) is 10.8. The zero-order chi connectivity index (χ0) is 12.8. The molecule has 0 spiro atoms. The van der Waals surface area contributed by atoms with E-state index < -0.39 is 0 Å². The zero-order valence-corrected chi connectivity index (χ0v) is 13.0. The minimum atomic E-state index is 0.357. The van der Waals surface area contributed by atoms with E-state index in [2.05, 4.69) is 24.4 Å². The van der Waals surface area contributed by atoms with Crippen LogP contribution in [0.5, 0.6) is 0 Å². The predicted molar refractivity (Wildman–Crippen MR) is 82.6 cm³/mol. The molecule has 0 saturated heterocycles. The highest BCUT2D eigenvalue weighted by Gasteiger charge is 2.26. The summed E-state index contributed by atoms with van der Waals surface area (Å²) in [5, 5.41) is 2.51. The van der Waals surface area contributed by atoms with Gasteiger partial charge in [-0.1, -0.05) is 45.1 Å². The molecule has 102 valence electrons. The largest absolute Gasteiger partial charge is 0.149 e. The molecule has 1 fully saturated rings. The minimum absolute atomic E-state index is 0.357. The van der Waals surface area contributed by atoms with Crippen molar-refractivity contribution in [2.75, 3.05) is 0 Å². The van der Waals surface area contributed by atoms with Gasteiger partial charge < -0.3 is 0 Å². The maximum absolute atomic E-state index is 6.61. The van der Waals surface area contributed by atoms with Crippen LogP contribution in [0.4, 0.5) is 0 Å². The van der Waals surface area contributed by atoms with Gasteiger partial charge in [-0.3, -0.25) is 0 Å². The van der Waals surface area contributed by atoms with E-state index in [1.165, 1.54) is 49.8 Å². The van der Waals surface area contributed by atoms with Crippen molar-refractivity contribution in [3.63, 3.8) is 0 Å². The molecule has 0 aliphatic heterocycles. The van der Waals surface area contributed by atoms with E-state index in [9.17, 15) is 0 Å². The molecule has 0 bridgehead atoms. The fourth-order valence-corrected chi connectivity index (χ4v) is 4.39. The number of hydrogen-bond acceptors (Lipinski definition) is 1. The van der Waals surface area contributed by atoms with Crippen LogP contribution >= 0.6 is 22.9 Å². The summed E-state index contributed by atoms with van der Waals surface area (Å²) in [6.45, 7) is 2.29. The third-order valence-corrected chi connectivity index (χ3v) is 5.75. The van der Waals surface area contributed by atoms with Crippen LogP contribution in [0.2, 0.25) is 0 Å². The van der Waals surface area contributed by atoms with E-state index in [0.717, 1.165) is 18.3 Å². The molecule has 0 amide bonds. The van der Waals surface area contributed by atoms with Gasteiger partial charge in [0.05, 0.1) is 0 Å². The maximum Gasteiger partial charge on any atom is 0.0412 e. The van der Waals surface area contributed by atoms with Gasteiger partial charge in [0.2, 0.25) is 0 Å². The molecule has 1 aromatic rings. The molecule has 0 aromatic carbocycles. The summed E-state index contributed by atoms with van der Waals surface area (Å²) in [4.78, 5) is 1.45. The van der Waals surface area contributed by atoms with Crippen molar-refractivity contribution in [1.82, 2.24) is 0 Å². The second-order valence-electron chi connectivity index (χ2n) is 5.72. The van der Waals surface area contributed by atoms with Crippen molar-refractivity contribution in [3.05, 3.63) is 22.4 Å². The van der Waals surface area contributed by atoms with Crippen molar-refractivity contribution in [1.29, 1.82) is 0 Å². The first kappa shape index (κ1) is 14.4. The summed E-state index contributed by atoms with van der Waals surface area (Å²) < 4.78 is 0. The van der Waals surface area contributed by atoms with Gasteiger partial charge in [0, 0.05) is 10.3 Å². The number of unbranched alkanes of at least 4 members (excludes halogenated alkanes) is 1. The molecule has 2 heteroatoms. The third kappa shape index (κ3) is 4.28. The summed E-state index contributed by atoms with van der Waals surface area (Å²) in [6, 6.07) is 4.35. The van der Waals surface area contributed by atoms with Crippen LogP contribution in [0.1, 0.15) is 56.7 Å². The van der Waals surface area contributed by atoms with Crippen molar-refractivity contribution in [2.45, 2.75) is 63.7 Å². The number of rotatable bonds is 6. The fraction of sp³-hybridized carbons (Fsp3) is 0.750. The highest BCUT2D eigenvalue weighted by atomic mass is 35.5. The summed E-state index contributed by atoms with van der Waals surface area (Å²) in [5.41, 5.74) is 0. The molecule has 1 heterocycles. The van der Waals surface area contributed by atoms with Gasteiger partial charge in [0.25, 0.3) is 0 Å². The average Bonchev–Trinajstić information content (AvgIpc) is 2.89. The molecule has 0 radical (unpaired) electrons. The number of halogens is 1. The maximum atomic E-state index is 6.61. The Labute approximate surface area is 121 Å². The van der Waals surface area contributed by atoms with Gasteiger partial charge in [-0.05, 0) is 42.5 Å². The van der Waals surface area contributed by atoms with E-state index in [1.54, 1.807) is 0 Å². The van der Waals surface area contributed by atoms with E-state index in [1.807, 2.05) is 11.3 Å². The Balaban J connectivity index is 1.72. The van der Waals surface area contributed by atoms with Gasteiger partial charge in [-0.25, -0.2) is 0 Å². The summed E-state index contributed by atoms with van der Waals surface area (Å²) in [5.74, 6) is 1.75. The van der Waals surface area contributed by atoms with Crippen LogP contribution in [-0.2, 0) is 6.42 Å². The highest BCUT2D eigenvalue weighted by molar-refractivity contribution is 7.09. The van der Waals surface area contributed by atoms with E-state index in [-0.39, 0.29) is 0 Å². The normalized spacial score (nSPS) is 26.1. The lowest BCUT2D eigenvalue weighted by molar-refractivity contribution is 0.253. The first-order valence-electron chi connectivity index (χ1n) is 7.46. The SMILES string of the molecule is CCCCC1CCC(C(Cl)Cc2cccs2)CC1. The van der Waals surface area contributed by atoms with Gasteiger partial charge in [0.1, 0.15) is 0 Å². The monoisotopic (exact) mass is 284 g/mol. The standard InChI is InChI=1S/C16H25ClS/c1-2-3-5-13-7-9-14(10-8-13)16(17)12-15-6-4-11-18-15/h4,6,11,13-14,16H,2-3,5,7-10,12H2,1H3. The van der Waals surface area contributed by atoms with Gasteiger partial charge in [-0.2, -0.15) is 0 Å². The lowest BCUT2D eigenvalue weighted by Gasteiger charge is -2.31. The molecule has 1 aliphatic rings. The molecule has 1 aromatic heterocycles. The Morgan fingerprint density at radius 2 is 2.11 bits per heavy atom. The van der Waals surface area contributed by atoms with E-state index >= 15 is 0 Å². The smallest absolute Gasteiger partial charge is 0.0412 e. The fourth-order valence-electron chi connectivity index (χ4n) is 3.12. The Morgan fingerprint density at radius 3 is 2.72 bits per heavy atom. The Kier molecular flexibility index (Phi) is 6.04. The molecule has 18 heavy (non-hydrogen) atoms. The molecule has 1 aliphatic carbocycles. The van der Waals surface area contributed by atoms with Crippen molar-refractivity contribution in [3.8, 4) is 0 Å². The molecule has 0 N–H and O–H groups in total. The number of thiophene rings is 1. The first-order chi connectivity index (χ1) is 8.79. The van der Waals surface area contributed by atoms with Crippen LogP contribution in [-0.4, -0.2) is 5.38 Å². The lowest BCUT2D eigenvalue weighted by atomic mass is 9.78. The minimum Gasteiger partial charge on any atom is -0.149 e. The highest BCUT2D eigenvalue weighted by Crippen LogP contribution is 2.36. The summed E-state index contributed by atoms with van der Waals surface area (Å²) >= 11 is 8.45. The third-order valence-electron chi connectivity index (χ3n) is 4.35. The van der Waals surface area contributed by atoms with Crippen LogP contribution in [0, 0.1) is 11.8 Å². The second-order valence-corrected chi connectivity index (χ2v) is 7.32. The zero-order valence-electron chi connectivity index (χ0n) is 11.4. The molecule has 1 unspecified atom stereocenters.